The molecule has 1 aliphatic heterocycles. The number of carbonyl (C=O) groups excluding carboxylic acids is 2. The van der Waals surface area contributed by atoms with Crippen molar-refractivity contribution in [3.8, 4) is 11.1 Å². The summed E-state index contributed by atoms with van der Waals surface area (Å²) in [5.74, 6) is -1.17. The summed E-state index contributed by atoms with van der Waals surface area (Å²) in [6.07, 6.45) is -0.345. The molecule has 0 radical (unpaired) electrons. The smallest absolute Gasteiger partial charge is 0.407 e. The first-order valence-corrected chi connectivity index (χ1v) is 11.7. The van der Waals surface area contributed by atoms with Crippen LogP contribution in [0.15, 0.2) is 48.5 Å². The Labute approximate surface area is 191 Å². The molecule has 1 heterocycles. The van der Waals surface area contributed by atoms with Gasteiger partial charge in [0.2, 0.25) is 5.91 Å². The lowest BCUT2D eigenvalue weighted by atomic mass is 9.98. The van der Waals surface area contributed by atoms with Crippen molar-refractivity contribution in [2.24, 2.45) is 0 Å². The summed E-state index contributed by atoms with van der Waals surface area (Å²) in [7, 11) is 0. The number of thioether (sulfide) groups is 1. The quantitative estimate of drug-likeness (QED) is 0.691. The first kappa shape index (κ1) is 22.2. The summed E-state index contributed by atoms with van der Waals surface area (Å²) in [6.45, 7) is 3.72. The zero-order valence-electron chi connectivity index (χ0n) is 18.0. The predicted octanol–water partition coefficient (Wildman–Crippen LogP) is 3.68. The lowest BCUT2D eigenvalue weighted by Crippen LogP contribution is -2.53. The lowest BCUT2D eigenvalue weighted by Gasteiger charge is -2.29. The molecule has 8 heteroatoms. The third-order valence-electron chi connectivity index (χ3n) is 6.10. The van der Waals surface area contributed by atoms with Crippen LogP contribution in [-0.2, 0) is 14.3 Å². The third kappa shape index (κ3) is 4.07. The van der Waals surface area contributed by atoms with E-state index in [2.05, 4.69) is 17.4 Å². The lowest BCUT2D eigenvalue weighted by molar-refractivity contribution is -0.149. The first-order chi connectivity index (χ1) is 15.4. The number of carbonyl (C=O) groups is 3. The van der Waals surface area contributed by atoms with E-state index >= 15 is 0 Å². The zero-order valence-corrected chi connectivity index (χ0v) is 18.8. The van der Waals surface area contributed by atoms with E-state index < -0.39 is 30.1 Å². The number of benzene rings is 2. The van der Waals surface area contributed by atoms with E-state index in [-0.39, 0.29) is 17.9 Å². The van der Waals surface area contributed by atoms with E-state index in [9.17, 15) is 19.5 Å². The topological polar surface area (TPSA) is 95.9 Å². The summed E-state index contributed by atoms with van der Waals surface area (Å²) in [5, 5.41) is 11.8. The molecule has 2 N–H and O–H groups in total. The summed E-state index contributed by atoms with van der Waals surface area (Å²) in [6, 6.07) is 14.4. The molecule has 3 atom stereocenters. The number of ether oxygens (including phenoxy) is 1. The monoisotopic (exact) mass is 454 g/mol. The van der Waals surface area contributed by atoms with Crippen molar-refractivity contribution in [1.82, 2.24) is 10.2 Å². The highest BCUT2D eigenvalue weighted by Crippen LogP contribution is 2.44. The molecule has 4 rings (SSSR count). The number of nitrogens with zero attached hydrogens (tertiary/aromatic N) is 1. The fourth-order valence-corrected chi connectivity index (χ4v) is 5.64. The van der Waals surface area contributed by atoms with Gasteiger partial charge in [-0.15, -0.1) is 11.8 Å². The Morgan fingerprint density at radius 3 is 2.28 bits per heavy atom. The van der Waals surface area contributed by atoms with Crippen molar-refractivity contribution in [3.05, 3.63) is 59.7 Å². The Kier molecular flexibility index (Phi) is 6.41. The predicted molar refractivity (Wildman–Crippen MR) is 122 cm³/mol. The average molecular weight is 455 g/mol. The van der Waals surface area contributed by atoms with Crippen molar-refractivity contribution >= 4 is 29.7 Å². The summed E-state index contributed by atoms with van der Waals surface area (Å²) in [5.41, 5.74) is 4.49. The Balaban J connectivity index is 1.42. The van der Waals surface area contributed by atoms with Gasteiger partial charge in [0.05, 0.1) is 5.37 Å². The van der Waals surface area contributed by atoms with Crippen molar-refractivity contribution in [2.45, 2.75) is 43.6 Å². The number of hydrogen-bond donors (Lipinski definition) is 2. The van der Waals surface area contributed by atoms with Crippen LogP contribution in [0.25, 0.3) is 11.1 Å². The van der Waals surface area contributed by atoms with E-state index in [4.69, 9.17) is 4.74 Å². The maximum absolute atomic E-state index is 13.0. The second-order valence-corrected chi connectivity index (χ2v) is 9.31. The van der Waals surface area contributed by atoms with Gasteiger partial charge in [-0.25, -0.2) is 9.59 Å². The van der Waals surface area contributed by atoms with Crippen LogP contribution in [0.2, 0.25) is 0 Å². The average Bonchev–Trinajstić information content (AvgIpc) is 3.34. The molecular formula is C24H26N2O5S. The van der Waals surface area contributed by atoms with Gasteiger partial charge in [-0.05, 0) is 35.6 Å². The molecule has 0 aromatic heterocycles. The molecule has 1 saturated heterocycles. The molecule has 7 nitrogen and oxygen atoms in total. The van der Waals surface area contributed by atoms with Crippen molar-refractivity contribution in [1.29, 1.82) is 0 Å². The molecule has 0 spiro atoms. The summed E-state index contributed by atoms with van der Waals surface area (Å²) in [4.78, 5) is 38.5. The van der Waals surface area contributed by atoms with Gasteiger partial charge >= 0.3 is 12.1 Å². The van der Waals surface area contributed by atoms with Crippen LogP contribution in [0.5, 0.6) is 0 Å². The van der Waals surface area contributed by atoms with Crippen LogP contribution >= 0.6 is 11.8 Å². The molecule has 3 unspecified atom stereocenters. The van der Waals surface area contributed by atoms with E-state index in [0.717, 1.165) is 22.3 Å². The van der Waals surface area contributed by atoms with Crippen LogP contribution in [0.3, 0.4) is 0 Å². The van der Waals surface area contributed by atoms with Gasteiger partial charge in [0.25, 0.3) is 0 Å². The molecule has 0 saturated carbocycles. The number of hydrogen-bond acceptors (Lipinski definition) is 5. The van der Waals surface area contributed by atoms with Crippen LogP contribution in [0, 0.1) is 0 Å². The molecule has 2 aromatic rings. The van der Waals surface area contributed by atoms with Gasteiger partial charge < -0.3 is 20.1 Å². The van der Waals surface area contributed by atoms with Gasteiger partial charge in [0.1, 0.15) is 18.7 Å². The molecule has 2 aromatic carbocycles. The van der Waals surface area contributed by atoms with Gasteiger partial charge in [-0.3, -0.25) is 4.79 Å². The highest BCUT2D eigenvalue weighted by atomic mass is 32.2. The number of alkyl carbamates (subject to hydrolysis) is 1. The molecule has 0 bridgehead atoms. The summed E-state index contributed by atoms with van der Waals surface area (Å²) >= 11 is 1.41. The summed E-state index contributed by atoms with van der Waals surface area (Å²) < 4.78 is 5.54. The van der Waals surface area contributed by atoms with Crippen molar-refractivity contribution in [3.63, 3.8) is 0 Å². The van der Waals surface area contributed by atoms with Gasteiger partial charge in [0, 0.05) is 11.7 Å². The third-order valence-corrected chi connectivity index (χ3v) is 7.32. The fourth-order valence-electron chi connectivity index (χ4n) is 4.47. The minimum absolute atomic E-state index is 0.0738. The molecule has 1 aliphatic carbocycles. The molecule has 32 heavy (non-hydrogen) atoms. The van der Waals surface area contributed by atoms with Gasteiger partial charge in [0.15, 0.2) is 0 Å². The normalized spacial score (nSPS) is 20.4. The molecule has 1 fully saturated rings. The SMILES string of the molecule is CCC(NC(=O)OCC1c2ccccc2-c2ccccc21)C(=O)N1C(C)SCC1C(=O)O. The van der Waals surface area contributed by atoms with Crippen molar-refractivity contribution < 1.29 is 24.2 Å². The number of rotatable bonds is 6. The van der Waals surface area contributed by atoms with Crippen LogP contribution in [0.4, 0.5) is 4.79 Å². The van der Waals surface area contributed by atoms with E-state index in [0.29, 0.717) is 12.2 Å². The Morgan fingerprint density at radius 1 is 1.12 bits per heavy atom. The number of carboxylic acid groups (broad SMARTS) is 1. The Hall–Kier alpha value is -3.00. The largest absolute Gasteiger partial charge is 0.480 e. The minimum Gasteiger partial charge on any atom is -0.480 e. The number of carboxylic acids is 1. The minimum atomic E-state index is -1.04. The fraction of sp³-hybridized carbons (Fsp3) is 0.375. The Bertz CT molecular complexity index is 997. The number of nitrogens with one attached hydrogen (secondary N) is 1. The molecule has 168 valence electrons. The van der Waals surface area contributed by atoms with E-state index in [1.54, 1.807) is 13.8 Å². The van der Waals surface area contributed by atoms with Crippen molar-refractivity contribution in [2.75, 3.05) is 12.4 Å². The number of aliphatic carboxylic acids is 1. The molecule has 2 amide bonds. The maximum atomic E-state index is 13.0. The highest BCUT2D eigenvalue weighted by molar-refractivity contribution is 8.00. The standard InChI is InChI=1S/C24H26N2O5S/c1-3-20(22(27)26-14(2)32-13-21(26)23(28)29)25-24(30)31-12-19-17-10-6-4-8-15(17)16-9-5-7-11-18(16)19/h4-11,14,19-21H,3,12-13H2,1-2H3,(H,25,30)(H,28,29). The second-order valence-electron chi connectivity index (χ2n) is 7.96. The van der Waals surface area contributed by atoms with E-state index in [1.807, 2.05) is 36.4 Å². The van der Waals surface area contributed by atoms with Crippen LogP contribution in [-0.4, -0.2) is 57.8 Å². The van der Waals surface area contributed by atoms with E-state index in [1.165, 1.54) is 16.7 Å². The van der Waals surface area contributed by atoms with Gasteiger partial charge in [-0.1, -0.05) is 55.5 Å². The maximum Gasteiger partial charge on any atom is 0.407 e. The Morgan fingerprint density at radius 2 is 1.72 bits per heavy atom. The van der Waals surface area contributed by atoms with Crippen LogP contribution in [0.1, 0.15) is 37.3 Å². The zero-order chi connectivity index (χ0) is 22.8. The first-order valence-electron chi connectivity index (χ1n) is 10.7. The number of fused-ring (bicyclic) bond motifs is 3. The second kappa shape index (κ2) is 9.24. The molecular weight excluding hydrogens is 428 g/mol. The van der Waals surface area contributed by atoms with Gasteiger partial charge in [-0.2, -0.15) is 0 Å². The molecule has 2 aliphatic rings. The number of amides is 2. The van der Waals surface area contributed by atoms with Crippen LogP contribution < -0.4 is 5.32 Å². The highest BCUT2D eigenvalue weighted by Gasteiger charge is 2.42.